The minimum absolute atomic E-state index is 0.147. The van der Waals surface area contributed by atoms with Crippen LogP contribution in [0.25, 0.3) is 21.5 Å². The van der Waals surface area contributed by atoms with Crippen molar-refractivity contribution in [1.82, 2.24) is 24.7 Å². The van der Waals surface area contributed by atoms with Gasteiger partial charge in [-0.05, 0) is 25.0 Å². The van der Waals surface area contributed by atoms with Crippen molar-refractivity contribution in [3.05, 3.63) is 40.0 Å². The van der Waals surface area contributed by atoms with E-state index < -0.39 is 0 Å². The van der Waals surface area contributed by atoms with Crippen molar-refractivity contribution in [3.8, 4) is 11.3 Å². The zero-order valence-electron chi connectivity index (χ0n) is 16.6. The molecule has 6 rings (SSSR count). The third kappa shape index (κ3) is 3.56. The number of ether oxygens (including phenoxy) is 1. The first-order valence-corrected chi connectivity index (χ1v) is 12.1. The van der Waals surface area contributed by atoms with Crippen molar-refractivity contribution >= 4 is 39.3 Å². The third-order valence-electron chi connectivity index (χ3n) is 5.47. The lowest BCUT2D eigenvalue weighted by molar-refractivity contribution is 0.121. The van der Waals surface area contributed by atoms with Crippen molar-refractivity contribution in [2.75, 3.05) is 31.2 Å². The molecule has 0 unspecified atom stereocenters. The molecule has 9 nitrogen and oxygen atoms in total. The van der Waals surface area contributed by atoms with Gasteiger partial charge in [-0.1, -0.05) is 11.8 Å². The summed E-state index contributed by atoms with van der Waals surface area (Å²) >= 11 is 3.01. The van der Waals surface area contributed by atoms with E-state index in [0.29, 0.717) is 46.8 Å². The van der Waals surface area contributed by atoms with Crippen LogP contribution in [0.3, 0.4) is 0 Å². The van der Waals surface area contributed by atoms with Crippen LogP contribution in [0.15, 0.2) is 38.1 Å². The number of hydrogen-bond donors (Lipinski definition) is 1. The number of furan rings is 1. The number of anilines is 1. The van der Waals surface area contributed by atoms with Crippen LogP contribution in [0.4, 0.5) is 5.95 Å². The number of thiophene rings is 1. The average Bonchev–Trinajstić information content (AvgIpc) is 3.19. The fraction of sp³-hybridized carbons (Fsp3) is 0.400. The fourth-order valence-electron chi connectivity index (χ4n) is 3.81. The molecule has 2 aliphatic rings. The molecule has 31 heavy (non-hydrogen) atoms. The molecule has 0 spiro atoms. The van der Waals surface area contributed by atoms with E-state index in [1.807, 2.05) is 17.5 Å². The molecule has 5 heterocycles. The van der Waals surface area contributed by atoms with Crippen molar-refractivity contribution in [1.29, 1.82) is 0 Å². The van der Waals surface area contributed by atoms with Gasteiger partial charge in [0.05, 0.1) is 30.6 Å². The van der Waals surface area contributed by atoms with E-state index in [0.717, 1.165) is 42.6 Å². The van der Waals surface area contributed by atoms with Crippen LogP contribution in [0.5, 0.6) is 0 Å². The minimum Gasteiger partial charge on any atom is -0.464 e. The van der Waals surface area contributed by atoms with Crippen LogP contribution in [0, 0.1) is 0 Å². The zero-order valence-corrected chi connectivity index (χ0v) is 18.2. The predicted molar refractivity (Wildman–Crippen MR) is 119 cm³/mol. The lowest BCUT2D eigenvalue weighted by atomic mass is 10.2. The van der Waals surface area contributed by atoms with Crippen LogP contribution in [-0.4, -0.2) is 51.0 Å². The second kappa shape index (κ2) is 7.81. The second-order valence-corrected chi connectivity index (χ2v) is 9.39. The van der Waals surface area contributed by atoms with Crippen LogP contribution >= 0.6 is 23.1 Å². The number of aromatic amines is 1. The fourth-order valence-corrected chi connectivity index (χ4v) is 5.62. The van der Waals surface area contributed by atoms with Crippen LogP contribution < -0.4 is 10.5 Å². The van der Waals surface area contributed by atoms with Gasteiger partial charge in [-0.2, -0.15) is 0 Å². The number of nitrogens with one attached hydrogen (secondary N) is 1. The summed E-state index contributed by atoms with van der Waals surface area (Å²) in [5, 5.41) is 12.3. The highest BCUT2D eigenvalue weighted by Gasteiger charge is 2.32. The Morgan fingerprint density at radius 3 is 2.90 bits per heavy atom. The first kappa shape index (κ1) is 19.1. The summed E-state index contributed by atoms with van der Waals surface area (Å²) in [6.45, 7) is 3.09. The van der Waals surface area contributed by atoms with E-state index in [-0.39, 0.29) is 5.56 Å². The first-order chi connectivity index (χ1) is 15.3. The number of hydrogen-bond acceptors (Lipinski definition) is 9. The number of rotatable bonds is 6. The highest BCUT2D eigenvalue weighted by atomic mass is 32.2. The van der Waals surface area contributed by atoms with Crippen molar-refractivity contribution in [2.24, 2.45) is 0 Å². The largest absolute Gasteiger partial charge is 0.464 e. The van der Waals surface area contributed by atoms with Gasteiger partial charge in [0.15, 0.2) is 5.16 Å². The number of fused-ring (bicyclic) bond motifs is 1. The molecule has 0 amide bonds. The third-order valence-corrected chi connectivity index (χ3v) is 7.30. The molecule has 1 saturated heterocycles. The van der Waals surface area contributed by atoms with Crippen LogP contribution in [0.1, 0.15) is 24.7 Å². The molecule has 4 aromatic heterocycles. The molecule has 1 aliphatic heterocycles. The van der Waals surface area contributed by atoms with Gasteiger partial charge in [-0.25, -0.2) is 4.98 Å². The van der Waals surface area contributed by atoms with Gasteiger partial charge in [0.2, 0.25) is 5.95 Å². The molecule has 0 radical (unpaired) electrons. The Morgan fingerprint density at radius 1 is 1.26 bits per heavy atom. The van der Waals surface area contributed by atoms with E-state index in [1.165, 1.54) is 11.3 Å². The Kier molecular flexibility index (Phi) is 4.81. The SMILES string of the molecule is O=c1[nH]c(CSc2nnc(N3CCOCC3)n2C2CC2)nc2scc(-c3ccco3)c12. The van der Waals surface area contributed by atoms with Gasteiger partial charge >= 0.3 is 0 Å². The number of nitrogens with zero attached hydrogens (tertiary/aromatic N) is 5. The maximum Gasteiger partial charge on any atom is 0.260 e. The van der Waals surface area contributed by atoms with Gasteiger partial charge in [0.1, 0.15) is 16.4 Å². The number of thioether (sulfide) groups is 1. The van der Waals surface area contributed by atoms with Crippen molar-refractivity contribution in [2.45, 2.75) is 29.8 Å². The molecule has 0 atom stereocenters. The first-order valence-electron chi connectivity index (χ1n) is 10.2. The maximum absolute atomic E-state index is 12.8. The topological polar surface area (TPSA) is 102 Å². The molecular formula is C20H20N6O3S2. The van der Waals surface area contributed by atoms with Gasteiger partial charge in [0, 0.05) is 30.1 Å². The predicted octanol–water partition coefficient (Wildman–Crippen LogP) is 3.30. The van der Waals surface area contributed by atoms with E-state index >= 15 is 0 Å². The molecule has 1 N–H and O–H groups in total. The summed E-state index contributed by atoms with van der Waals surface area (Å²) < 4.78 is 13.2. The minimum atomic E-state index is -0.147. The van der Waals surface area contributed by atoms with Crippen molar-refractivity contribution in [3.63, 3.8) is 0 Å². The Balaban J connectivity index is 1.26. The van der Waals surface area contributed by atoms with E-state index in [4.69, 9.17) is 9.15 Å². The van der Waals surface area contributed by atoms with Gasteiger partial charge in [0.25, 0.3) is 5.56 Å². The molecule has 0 bridgehead atoms. The molecule has 0 aromatic carbocycles. The number of aromatic nitrogens is 5. The van der Waals surface area contributed by atoms with Gasteiger partial charge < -0.3 is 19.0 Å². The second-order valence-electron chi connectivity index (χ2n) is 7.59. The summed E-state index contributed by atoms with van der Waals surface area (Å²) in [5.74, 6) is 2.75. The lowest BCUT2D eigenvalue weighted by Gasteiger charge is -2.27. The number of H-pyrrole nitrogens is 1. The summed E-state index contributed by atoms with van der Waals surface area (Å²) in [6.07, 6.45) is 3.90. The molecule has 160 valence electrons. The standard InChI is InChI=1S/C20H20N6O3S2/c27-17-16-13(14-2-1-7-29-14)10-30-18(16)22-15(21-17)11-31-20-24-23-19(26(20)12-3-4-12)25-5-8-28-9-6-25/h1-2,7,10,12H,3-6,8-9,11H2,(H,21,22,27). The monoisotopic (exact) mass is 456 g/mol. The number of morpholine rings is 1. The molecule has 1 aliphatic carbocycles. The normalized spacial score (nSPS) is 17.0. The highest BCUT2D eigenvalue weighted by molar-refractivity contribution is 7.98. The molecule has 1 saturated carbocycles. The Hall–Kier alpha value is -2.63. The quantitative estimate of drug-likeness (QED) is 0.441. The molecule has 4 aromatic rings. The Bertz CT molecular complexity index is 1270. The molecule has 11 heteroatoms. The highest BCUT2D eigenvalue weighted by Crippen LogP contribution is 2.41. The average molecular weight is 457 g/mol. The van der Waals surface area contributed by atoms with E-state index in [9.17, 15) is 4.79 Å². The van der Waals surface area contributed by atoms with Crippen molar-refractivity contribution < 1.29 is 9.15 Å². The van der Waals surface area contributed by atoms with Crippen LogP contribution in [-0.2, 0) is 10.5 Å². The molecule has 2 fully saturated rings. The summed E-state index contributed by atoms with van der Waals surface area (Å²) in [4.78, 5) is 23.4. The van der Waals surface area contributed by atoms with E-state index in [1.54, 1.807) is 18.0 Å². The van der Waals surface area contributed by atoms with Crippen LogP contribution in [0.2, 0.25) is 0 Å². The maximum atomic E-state index is 12.8. The summed E-state index contributed by atoms with van der Waals surface area (Å²) in [6, 6.07) is 4.12. The van der Waals surface area contributed by atoms with E-state index in [2.05, 4.69) is 29.6 Å². The lowest BCUT2D eigenvalue weighted by Crippen LogP contribution is -2.38. The molecular weight excluding hydrogens is 436 g/mol. The summed E-state index contributed by atoms with van der Waals surface area (Å²) in [7, 11) is 0. The Labute approximate surface area is 185 Å². The van der Waals surface area contributed by atoms with Gasteiger partial charge in [-0.15, -0.1) is 21.5 Å². The smallest absolute Gasteiger partial charge is 0.260 e. The zero-order chi connectivity index (χ0) is 20.8. The Morgan fingerprint density at radius 2 is 2.13 bits per heavy atom. The summed E-state index contributed by atoms with van der Waals surface area (Å²) in [5.41, 5.74) is 0.632. The van der Waals surface area contributed by atoms with Gasteiger partial charge in [-0.3, -0.25) is 9.36 Å².